The van der Waals surface area contributed by atoms with Crippen molar-refractivity contribution in [3.05, 3.63) is 34.9 Å². The number of amides is 3. The summed E-state index contributed by atoms with van der Waals surface area (Å²) < 4.78 is 34.6. The van der Waals surface area contributed by atoms with Crippen LogP contribution in [0.4, 0.5) is 9.59 Å². The van der Waals surface area contributed by atoms with E-state index < -0.39 is 37.7 Å². The zero-order chi connectivity index (χ0) is 32.7. The highest BCUT2D eigenvalue weighted by Gasteiger charge is 2.45. The fourth-order valence-electron chi connectivity index (χ4n) is 5.90. The Morgan fingerprint density at radius 3 is 2.44 bits per heavy atom. The lowest BCUT2D eigenvalue weighted by Gasteiger charge is -2.39. The number of methoxy groups -OCH3 is 1. The molecule has 1 aliphatic carbocycles. The third-order valence-electron chi connectivity index (χ3n) is 8.06. The average Bonchev–Trinajstić information content (AvgIpc) is 3.06. The molecule has 4 atom stereocenters. The number of alkyl carbamates (subject to hydrolysis) is 1. The van der Waals surface area contributed by atoms with Gasteiger partial charge in [-0.1, -0.05) is 55.8 Å². The van der Waals surface area contributed by atoms with E-state index in [2.05, 4.69) is 15.4 Å². The number of hydrogen-bond donors (Lipinski definition) is 3. The van der Waals surface area contributed by atoms with Crippen molar-refractivity contribution in [1.82, 2.24) is 15.5 Å². The van der Waals surface area contributed by atoms with Gasteiger partial charge in [-0.2, -0.15) is 0 Å². The number of piperidine rings is 1. The van der Waals surface area contributed by atoms with Gasteiger partial charge >= 0.3 is 19.7 Å². The van der Waals surface area contributed by atoms with E-state index in [0.29, 0.717) is 31.0 Å². The number of ether oxygens (including phenoxy) is 2. The number of carbonyl (C=O) groups excluding carboxylic acids is 2. The summed E-state index contributed by atoms with van der Waals surface area (Å²) in [5, 5.41) is 17.5. The van der Waals surface area contributed by atoms with Gasteiger partial charge in [-0.3, -0.25) is 4.57 Å². The second kappa shape index (κ2) is 19.6. The number of hydrogen-bond acceptors (Lipinski definition) is 10. The fraction of sp³-hybridized carbons (Fsp3) is 0.733. The van der Waals surface area contributed by atoms with Crippen LogP contribution in [0.15, 0.2) is 24.3 Å². The summed E-state index contributed by atoms with van der Waals surface area (Å²) in [7, 11) is -3.06. The molecule has 1 saturated heterocycles. The van der Waals surface area contributed by atoms with Crippen LogP contribution in [0, 0.1) is 11.8 Å². The van der Waals surface area contributed by atoms with Crippen molar-refractivity contribution < 1.29 is 47.9 Å². The van der Waals surface area contributed by atoms with Gasteiger partial charge in [0.15, 0.2) is 5.85 Å². The molecule has 3 N–H and O–H groups in total. The number of halogens is 1. The van der Waals surface area contributed by atoms with E-state index in [1.54, 1.807) is 24.8 Å². The van der Waals surface area contributed by atoms with E-state index in [1.807, 2.05) is 18.2 Å². The monoisotopic (exact) mass is 677 g/mol. The number of aliphatic hydroxyl groups is 1. The number of aliphatic hydroxyl groups excluding tert-OH is 1. The first-order valence-corrected chi connectivity index (χ1v) is 17.8. The SMILES string of the molecule is CCOOP(=O)(OOCC)C(O)C(CC1CCCCC1)NC(=O)N1CCCC(C(OCCNC(=O)OC)c2cccc(Cl)c2)C1. The van der Waals surface area contributed by atoms with Crippen molar-refractivity contribution in [2.75, 3.05) is 46.6 Å². The summed E-state index contributed by atoms with van der Waals surface area (Å²) in [6.07, 6.45) is 6.07. The summed E-state index contributed by atoms with van der Waals surface area (Å²) in [5.41, 5.74) is 0.862. The maximum atomic E-state index is 13.8. The highest BCUT2D eigenvalue weighted by atomic mass is 35.5. The Labute approximate surface area is 270 Å². The van der Waals surface area contributed by atoms with Gasteiger partial charge in [-0.05, 0) is 56.7 Å². The largest absolute Gasteiger partial charge is 0.453 e. The maximum Gasteiger partial charge on any atom is 0.414 e. The number of likely N-dealkylation sites (tertiary alicyclic amines) is 1. The molecule has 1 heterocycles. The number of benzene rings is 1. The maximum absolute atomic E-state index is 13.8. The molecule has 2 aliphatic rings. The molecule has 1 aromatic rings. The quantitative estimate of drug-likeness (QED) is 0.0779. The standard InChI is InChI=1S/C30H49ClN3O10P/c1-4-41-43-45(38,44-42-5-2)28(35)26(19-22-11-7-6-8-12-22)33-29(36)34-17-10-14-24(21-34)27(23-13-9-15-25(31)20-23)40-18-16-32-30(37)39-3/h9,13,15,20,22,24,26-28,35H,4-8,10-12,14,16-19,21H2,1-3H3,(H,32,37)(H,33,36). The molecule has 4 unspecified atom stereocenters. The number of nitrogens with zero attached hydrogens (tertiary/aromatic N) is 1. The predicted octanol–water partition coefficient (Wildman–Crippen LogP) is 5.96. The van der Waals surface area contributed by atoms with Gasteiger partial charge < -0.3 is 30.1 Å². The predicted molar refractivity (Wildman–Crippen MR) is 167 cm³/mol. The molecule has 1 saturated carbocycles. The smallest absolute Gasteiger partial charge is 0.414 e. The summed E-state index contributed by atoms with van der Waals surface area (Å²) in [6, 6.07) is 6.03. The fourth-order valence-corrected chi connectivity index (χ4v) is 7.44. The first kappa shape index (κ1) is 37.5. The Morgan fingerprint density at radius 2 is 1.80 bits per heavy atom. The molecule has 0 bridgehead atoms. The lowest BCUT2D eigenvalue weighted by Crippen LogP contribution is -2.53. The molecular weight excluding hydrogens is 629 g/mol. The number of rotatable bonds is 17. The van der Waals surface area contributed by atoms with Crippen LogP contribution in [0.2, 0.25) is 5.02 Å². The Kier molecular flexibility index (Phi) is 16.4. The first-order chi connectivity index (χ1) is 21.7. The van der Waals surface area contributed by atoms with Gasteiger partial charge in [-0.15, -0.1) is 9.35 Å². The number of nitrogens with one attached hydrogen (secondary N) is 2. The lowest BCUT2D eigenvalue weighted by molar-refractivity contribution is -0.268. The number of carbonyl (C=O) groups is 2. The highest BCUT2D eigenvalue weighted by molar-refractivity contribution is 7.54. The molecule has 0 radical (unpaired) electrons. The van der Waals surface area contributed by atoms with E-state index in [-0.39, 0.29) is 38.2 Å². The Balaban J connectivity index is 1.76. The molecule has 256 valence electrons. The molecular formula is C30H49ClN3O10P. The van der Waals surface area contributed by atoms with Crippen LogP contribution in [0.5, 0.6) is 0 Å². The van der Waals surface area contributed by atoms with E-state index in [9.17, 15) is 19.3 Å². The van der Waals surface area contributed by atoms with Crippen molar-refractivity contribution in [3.63, 3.8) is 0 Å². The molecule has 0 aromatic heterocycles. The van der Waals surface area contributed by atoms with E-state index in [0.717, 1.165) is 44.1 Å². The van der Waals surface area contributed by atoms with Crippen molar-refractivity contribution >= 4 is 31.3 Å². The van der Waals surface area contributed by atoms with E-state index >= 15 is 0 Å². The van der Waals surface area contributed by atoms with Gasteiger partial charge in [0.25, 0.3) is 0 Å². The zero-order valence-electron chi connectivity index (χ0n) is 26.5. The molecule has 13 nitrogen and oxygen atoms in total. The molecule has 1 aromatic carbocycles. The summed E-state index contributed by atoms with van der Waals surface area (Å²) in [4.78, 5) is 36.8. The third-order valence-corrected chi connectivity index (χ3v) is 9.93. The minimum Gasteiger partial charge on any atom is -0.453 e. The lowest BCUT2D eigenvalue weighted by atomic mass is 9.85. The average molecular weight is 678 g/mol. The Bertz CT molecular complexity index is 1080. The summed E-state index contributed by atoms with van der Waals surface area (Å²) in [6.45, 7) is 4.73. The van der Waals surface area contributed by atoms with E-state index in [1.165, 1.54) is 7.11 Å². The Morgan fingerprint density at radius 1 is 1.09 bits per heavy atom. The number of urea groups is 1. The van der Waals surface area contributed by atoms with Crippen LogP contribution in [-0.4, -0.2) is 80.6 Å². The van der Waals surface area contributed by atoms with Crippen LogP contribution in [0.3, 0.4) is 0 Å². The van der Waals surface area contributed by atoms with Crippen LogP contribution >= 0.6 is 19.2 Å². The third kappa shape index (κ3) is 12.0. The second-order valence-electron chi connectivity index (χ2n) is 11.3. The van der Waals surface area contributed by atoms with Crippen molar-refractivity contribution in [2.45, 2.75) is 83.2 Å². The molecule has 1 aliphatic heterocycles. The van der Waals surface area contributed by atoms with Gasteiger partial charge in [-0.25, -0.2) is 19.4 Å². The van der Waals surface area contributed by atoms with Gasteiger partial charge in [0.2, 0.25) is 0 Å². The minimum absolute atomic E-state index is 0.0651. The van der Waals surface area contributed by atoms with Gasteiger partial charge in [0.1, 0.15) is 0 Å². The normalized spacial score (nSPS) is 19.8. The van der Waals surface area contributed by atoms with Crippen molar-refractivity contribution in [2.24, 2.45) is 11.8 Å². The van der Waals surface area contributed by atoms with Crippen LogP contribution < -0.4 is 10.6 Å². The molecule has 15 heteroatoms. The minimum atomic E-state index is -4.35. The van der Waals surface area contributed by atoms with Crippen LogP contribution in [-0.2, 0) is 33.2 Å². The molecule has 45 heavy (non-hydrogen) atoms. The zero-order valence-corrected chi connectivity index (χ0v) is 28.1. The van der Waals surface area contributed by atoms with Crippen molar-refractivity contribution in [3.8, 4) is 0 Å². The van der Waals surface area contributed by atoms with Crippen LogP contribution in [0.25, 0.3) is 0 Å². The van der Waals surface area contributed by atoms with Gasteiger partial charge in [0.05, 0.1) is 39.1 Å². The topological polar surface area (TPSA) is 154 Å². The molecule has 3 amide bonds. The van der Waals surface area contributed by atoms with Crippen molar-refractivity contribution in [1.29, 1.82) is 0 Å². The molecule has 0 spiro atoms. The molecule has 2 fully saturated rings. The van der Waals surface area contributed by atoms with E-state index in [4.69, 9.17) is 35.5 Å². The second-order valence-corrected chi connectivity index (χ2v) is 13.7. The summed E-state index contributed by atoms with van der Waals surface area (Å²) >= 11 is 6.31. The Hall–Kier alpha value is -1.96. The van der Waals surface area contributed by atoms with Gasteiger partial charge in [0, 0.05) is 30.6 Å². The summed E-state index contributed by atoms with van der Waals surface area (Å²) in [5.74, 6) is -1.59. The molecule has 3 rings (SSSR count). The van der Waals surface area contributed by atoms with Crippen LogP contribution in [0.1, 0.15) is 76.9 Å². The highest BCUT2D eigenvalue weighted by Crippen LogP contribution is 2.54. The first-order valence-electron chi connectivity index (χ1n) is 15.8.